The normalized spacial score (nSPS) is 16.5. The van der Waals surface area contributed by atoms with Crippen molar-refractivity contribution in [2.45, 2.75) is 18.4 Å². The Labute approximate surface area is 98.3 Å². The third-order valence-corrected chi connectivity index (χ3v) is 3.36. The van der Waals surface area contributed by atoms with Gasteiger partial charge >= 0.3 is 0 Å². The van der Waals surface area contributed by atoms with E-state index in [1.165, 1.54) is 0 Å². The van der Waals surface area contributed by atoms with Gasteiger partial charge < -0.3 is 9.72 Å². The van der Waals surface area contributed by atoms with Crippen LogP contribution in [-0.4, -0.2) is 18.2 Å². The molecule has 4 heteroatoms. The number of fused-ring (bicyclic) bond motifs is 1. The molecule has 0 aliphatic heterocycles. The number of aliphatic imine (C=N–C) groups is 1. The summed E-state index contributed by atoms with van der Waals surface area (Å²) in [5.74, 6) is 0.786. The van der Waals surface area contributed by atoms with E-state index in [0.29, 0.717) is 0 Å². The highest BCUT2D eigenvalue weighted by Crippen LogP contribution is 2.54. The number of methoxy groups -OCH3 is 1. The average molecular weight is 228 g/mol. The third-order valence-electron chi connectivity index (χ3n) is 3.36. The van der Waals surface area contributed by atoms with Gasteiger partial charge in [0, 0.05) is 22.7 Å². The van der Waals surface area contributed by atoms with Gasteiger partial charge in [0.15, 0.2) is 0 Å². The molecular formula is C13H12N2O2. The number of benzene rings is 1. The maximum absolute atomic E-state index is 10.6. The number of hydrogen-bond acceptors (Lipinski definition) is 3. The monoisotopic (exact) mass is 228 g/mol. The van der Waals surface area contributed by atoms with Crippen molar-refractivity contribution in [1.82, 2.24) is 4.98 Å². The lowest BCUT2D eigenvalue weighted by Gasteiger charge is -2.14. The van der Waals surface area contributed by atoms with Gasteiger partial charge in [-0.3, -0.25) is 0 Å². The Morgan fingerprint density at radius 3 is 2.88 bits per heavy atom. The minimum Gasteiger partial charge on any atom is -0.496 e. The number of aromatic amines is 1. The molecule has 1 aliphatic carbocycles. The van der Waals surface area contributed by atoms with Gasteiger partial charge in [0.25, 0.3) is 0 Å². The fraction of sp³-hybridized carbons (Fsp3) is 0.308. The van der Waals surface area contributed by atoms with E-state index in [1.807, 2.05) is 24.4 Å². The Balaban J connectivity index is 2.32. The maximum Gasteiger partial charge on any atom is 0.235 e. The molecule has 86 valence electrons. The number of ether oxygens (including phenoxy) is 1. The predicted octanol–water partition coefficient (Wildman–Crippen LogP) is 2.50. The zero-order chi connectivity index (χ0) is 11.9. The number of nitrogens with zero attached hydrogens (tertiary/aromatic N) is 1. The second-order valence-corrected chi connectivity index (χ2v) is 4.32. The summed E-state index contributed by atoms with van der Waals surface area (Å²) in [5, 5.41) is 1.07. The lowest BCUT2D eigenvalue weighted by molar-refractivity contribution is 0.405. The van der Waals surface area contributed by atoms with Gasteiger partial charge in [0.1, 0.15) is 11.3 Å². The molecule has 1 aromatic heterocycles. The van der Waals surface area contributed by atoms with Crippen molar-refractivity contribution in [2.24, 2.45) is 4.99 Å². The molecule has 1 N–H and O–H groups in total. The van der Waals surface area contributed by atoms with Crippen LogP contribution in [0.2, 0.25) is 0 Å². The number of hydrogen-bond donors (Lipinski definition) is 1. The van der Waals surface area contributed by atoms with Gasteiger partial charge in [-0.1, -0.05) is 0 Å². The zero-order valence-electron chi connectivity index (χ0n) is 9.49. The number of aromatic nitrogens is 1. The van der Waals surface area contributed by atoms with E-state index in [0.717, 1.165) is 35.1 Å². The quantitative estimate of drug-likeness (QED) is 0.648. The smallest absolute Gasteiger partial charge is 0.235 e. The molecule has 0 bridgehead atoms. The Kier molecular flexibility index (Phi) is 2.06. The van der Waals surface area contributed by atoms with Crippen LogP contribution in [0.4, 0.5) is 0 Å². The lowest BCUT2D eigenvalue weighted by atomic mass is 9.99. The van der Waals surface area contributed by atoms with Gasteiger partial charge in [-0.15, -0.1) is 0 Å². The van der Waals surface area contributed by atoms with E-state index < -0.39 is 5.54 Å². The van der Waals surface area contributed by atoms with Gasteiger partial charge in [0.2, 0.25) is 6.08 Å². The molecule has 0 radical (unpaired) electrons. The summed E-state index contributed by atoms with van der Waals surface area (Å²) in [6, 6.07) is 5.88. The van der Waals surface area contributed by atoms with Crippen LogP contribution in [0.15, 0.2) is 29.4 Å². The zero-order valence-corrected chi connectivity index (χ0v) is 9.49. The molecule has 0 spiro atoms. The van der Waals surface area contributed by atoms with E-state index >= 15 is 0 Å². The second kappa shape index (κ2) is 3.47. The molecule has 1 heterocycles. The molecular weight excluding hydrogens is 216 g/mol. The van der Waals surface area contributed by atoms with Crippen LogP contribution in [0, 0.1) is 0 Å². The van der Waals surface area contributed by atoms with Crippen LogP contribution in [0.1, 0.15) is 18.4 Å². The summed E-state index contributed by atoms with van der Waals surface area (Å²) in [6.07, 6.45) is 5.33. The summed E-state index contributed by atoms with van der Waals surface area (Å²) in [7, 11) is 1.64. The molecule has 1 aliphatic rings. The van der Waals surface area contributed by atoms with Crippen LogP contribution in [-0.2, 0) is 10.3 Å². The maximum atomic E-state index is 10.6. The highest BCUT2D eigenvalue weighted by atomic mass is 16.5. The van der Waals surface area contributed by atoms with Crippen LogP contribution >= 0.6 is 0 Å². The number of nitrogens with one attached hydrogen (secondary N) is 1. The molecule has 1 fully saturated rings. The molecule has 0 unspecified atom stereocenters. The Hall–Kier alpha value is -2.06. The number of carbonyl (C=O) groups excluding carboxylic acids is 1. The Bertz CT molecular complexity index is 619. The summed E-state index contributed by atoms with van der Waals surface area (Å²) in [5.41, 5.74) is 1.63. The Morgan fingerprint density at radius 2 is 2.24 bits per heavy atom. The van der Waals surface area contributed by atoms with E-state index in [9.17, 15) is 4.79 Å². The van der Waals surface area contributed by atoms with Crippen LogP contribution in [0.5, 0.6) is 5.75 Å². The molecule has 1 aromatic carbocycles. The van der Waals surface area contributed by atoms with Crippen LogP contribution in [0.3, 0.4) is 0 Å². The largest absolute Gasteiger partial charge is 0.496 e. The van der Waals surface area contributed by atoms with Crippen LogP contribution in [0.25, 0.3) is 10.9 Å². The topological polar surface area (TPSA) is 54.4 Å². The first-order chi connectivity index (χ1) is 8.30. The standard InChI is InChI=1S/C13H12N2O2/c1-17-11-3-2-10-9(4-7-14-10)12(11)13(5-6-13)15-8-16/h2-4,7,14H,5-6H2,1H3. The van der Waals surface area contributed by atoms with Crippen molar-refractivity contribution in [3.8, 4) is 5.75 Å². The third kappa shape index (κ3) is 1.38. The van der Waals surface area contributed by atoms with E-state index in [1.54, 1.807) is 13.2 Å². The SMILES string of the molecule is COc1ccc2[nH]ccc2c1C1(N=C=O)CC1. The van der Waals surface area contributed by atoms with Crippen molar-refractivity contribution in [3.63, 3.8) is 0 Å². The van der Waals surface area contributed by atoms with E-state index in [2.05, 4.69) is 9.98 Å². The average Bonchev–Trinajstić information content (AvgIpc) is 2.96. The first-order valence-electron chi connectivity index (χ1n) is 5.54. The molecule has 0 saturated heterocycles. The molecule has 0 amide bonds. The van der Waals surface area contributed by atoms with Gasteiger partial charge in [0.05, 0.1) is 7.11 Å². The van der Waals surface area contributed by atoms with E-state index in [-0.39, 0.29) is 0 Å². The first kappa shape index (κ1) is 10.1. The van der Waals surface area contributed by atoms with Crippen molar-refractivity contribution < 1.29 is 9.53 Å². The molecule has 4 nitrogen and oxygen atoms in total. The molecule has 17 heavy (non-hydrogen) atoms. The molecule has 2 aromatic rings. The highest BCUT2D eigenvalue weighted by Gasteiger charge is 2.48. The minimum absolute atomic E-state index is 0.408. The summed E-state index contributed by atoms with van der Waals surface area (Å²) in [6.45, 7) is 0. The van der Waals surface area contributed by atoms with E-state index in [4.69, 9.17) is 4.74 Å². The summed E-state index contributed by atoms with van der Waals surface area (Å²) >= 11 is 0. The fourth-order valence-corrected chi connectivity index (χ4v) is 2.39. The van der Waals surface area contributed by atoms with Crippen LogP contribution < -0.4 is 4.74 Å². The fourth-order valence-electron chi connectivity index (χ4n) is 2.39. The Morgan fingerprint density at radius 1 is 1.41 bits per heavy atom. The highest BCUT2D eigenvalue weighted by molar-refractivity contribution is 5.87. The minimum atomic E-state index is -0.408. The number of isocyanates is 1. The molecule has 3 rings (SSSR count). The van der Waals surface area contributed by atoms with Crippen molar-refractivity contribution >= 4 is 17.0 Å². The number of rotatable bonds is 3. The number of H-pyrrole nitrogens is 1. The van der Waals surface area contributed by atoms with Gasteiger partial charge in [-0.05, 0) is 31.0 Å². The van der Waals surface area contributed by atoms with Crippen molar-refractivity contribution in [3.05, 3.63) is 30.0 Å². The summed E-state index contributed by atoms with van der Waals surface area (Å²) in [4.78, 5) is 17.7. The molecule has 0 atom stereocenters. The second-order valence-electron chi connectivity index (χ2n) is 4.32. The molecule has 1 saturated carbocycles. The van der Waals surface area contributed by atoms with Crippen molar-refractivity contribution in [1.29, 1.82) is 0 Å². The summed E-state index contributed by atoms with van der Waals surface area (Å²) < 4.78 is 5.39. The first-order valence-corrected chi connectivity index (χ1v) is 5.54. The predicted molar refractivity (Wildman–Crippen MR) is 63.9 cm³/mol. The van der Waals surface area contributed by atoms with Crippen molar-refractivity contribution in [2.75, 3.05) is 7.11 Å². The lowest BCUT2D eigenvalue weighted by Crippen LogP contribution is -2.05. The van der Waals surface area contributed by atoms with Gasteiger partial charge in [-0.25, -0.2) is 4.79 Å². The van der Waals surface area contributed by atoms with Gasteiger partial charge in [-0.2, -0.15) is 4.99 Å².